The van der Waals surface area contributed by atoms with E-state index in [1.807, 2.05) is 6.07 Å². The number of aliphatic hydroxyl groups excluding tert-OH is 3. The van der Waals surface area contributed by atoms with Crippen LogP contribution in [0.15, 0.2) is 108 Å². The monoisotopic (exact) mass is 1250 g/mol. The number of carbonyl (C=O) groups excluding carboxylic acids is 1. The molecule has 0 saturated carbocycles. The molecule has 4 aromatic heterocycles. The molecule has 0 fully saturated rings. The zero-order valence-corrected chi connectivity index (χ0v) is 49.9. The van der Waals surface area contributed by atoms with Crippen LogP contribution in [-0.2, 0) is 26.0 Å². The quantitative estimate of drug-likeness (QED) is 0.00513. The van der Waals surface area contributed by atoms with E-state index in [0.29, 0.717) is 68.0 Å². The molecule has 2 unspecified atom stereocenters. The first kappa shape index (κ1) is 65.9. The average molecular weight is 1250 g/mol. The fraction of sp³-hybridized carbons (Fsp3) is 0.217. The van der Waals surface area contributed by atoms with Gasteiger partial charge in [0.15, 0.2) is 29.1 Å². The van der Waals surface area contributed by atoms with Crippen molar-refractivity contribution < 1.29 is 72.5 Å². The van der Waals surface area contributed by atoms with Crippen LogP contribution in [-0.4, -0.2) is 105 Å². The van der Waals surface area contributed by atoms with Crippen molar-refractivity contribution in [1.29, 1.82) is 0 Å². The third-order valence-electron chi connectivity index (χ3n) is 12.4. The maximum Gasteiger partial charge on any atom is 2.00 e. The van der Waals surface area contributed by atoms with Gasteiger partial charge in [-0.05, 0) is 125 Å². The molecule has 25 heteroatoms. The van der Waals surface area contributed by atoms with Crippen molar-refractivity contribution >= 4 is 79.4 Å². The summed E-state index contributed by atoms with van der Waals surface area (Å²) in [5, 5.41) is 70.7. The van der Waals surface area contributed by atoms with Crippen LogP contribution in [0.3, 0.4) is 0 Å². The van der Waals surface area contributed by atoms with Gasteiger partial charge in [-0.1, -0.05) is 100 Å². The molecule has 85 heavy (non-hydrogen) atoms. The summed E-state index contributed by atoms with van der Waals surface area (Å²) >= 11 is 0. The zero-order valence-electron chi connectivity index (χ0n) is 45.3. The first-order valence-corrected chi connectivity index (χ1v) is 28.1. The van der Waals surface area contributed by atoms with Gasteiger partial charge in [-0.3, -0.25) is 4.79 Å². The average Bonchev–Trinajstić information content (AvgIpc) is 2.20. The van der Waals surface area contributed by atoms with Gasteiger partial charge in [0.25, 0.3) is 0 Å². The van der Waals surface area contributed by atoms with Crippen LogP contribution in [0.1, 0.15) is 67.4 Å². The number of hydrogen-bond donors (Lipinski definition) is 7. The number of hydrogen-bond acceptors (Lipinski definition) is 15. The van der Waals surface area contributed by atoms with E-state index in [1.165, 1.54) is 82.8 Å². The number of fused-ring (bicyclic) bond motifs is 8. The molecule has 0 spiro atoms. The number of ketones is 1. The van der Waals surface area contributed by atoms with E-state index in [4.69, 9.17) is 35.7 Å². The standard InChI is InChI=1S/C55H42F4N8O5S2.C3H8O2.CH3N3.CH4.Zn/c1-29(68)27-67-28-44(65-66-67)45(72)12-5-22-73-74-23-21-60-55-53(58)51(56)50(52(57)54(55)59)49-42-19-17-40(63-42)47(31-7-3-10-34(70)25-31)38-15-13-36(61-38)46(30-6-2-9-33(69)24-30)37-14-16-39(62-37)48(41-18-20-43(49)64-41)32-8-4-11-35(71)26-32;1-3(5)2-4;1-3-4-2;;/h2-4,6-11,13-20,24-26,28-29,68H,5,12,21-23,27H2,1H3,(H4-2,60,61,62,63,64,65,66,69,70,71);3-5H,2H2,1H3;1H3;1H4;/q-2;;;;+2. The molecule has 7 N–H and O–H groups in total. The fourth-order valence-corrected chi connectivity index (χ4v) is 10.8. The Kier molecular flexibility index (Phi) is 23.6. The molecule has 0 radical (unpaired) electrons. The minimum Gasteiger partial charge on any atom is -0.657 e. The molecule has 436 valence electrons. The number of aromatic hydroxyl groups is 3. The number of phenols is 3. The van der Waals surface area contributed by atoms with Crippen LogP contribution in [0.2, 0.25) is 0 Å². The number of rotatable bonds is 17. The van der Waals surface area contributed by atoms with Crippen molar-refractivity contribution in [2.24, 2.45) is 5.11 Å². The molecule has 0 aliphatic carbocycles. The molecule has 8 bridgehead atoms. The number of anilines is 1. The van der Waals surface area contributed by atoms with Crippen molar-refractivity contribution in [2.45, 2.75) is 52.9 Å². The van der Waals surface area contributed by atoms with Crippen LogP contribution < -0.4 is 15.3 Å². The second kappa shape index (κ2) is 30.5. The van der Waals surface area contributed by atoms with Crippen molar-refractivity contribution in [3.8, 4) is 61.8 Å². The van der Waals surface area contributed by atoms with Gasteiger partial charge in [-0.25, -0.2) is 32.2 Å². The number of nitrogens with zero attached hydrogens (tertiary/aromatic N) is 10. The van der Waals surface area contributed by atoms with Gasteiger partial charge in [0.1, 0.15) is 28.6 Å². The van der Waals surface area contributed by atoms with Crippen LogP contribution in [0, 0.1) is 23.3 Å². The maximum absolute atomic E-state index is 16.9. The predicted molar refractivity (Wildman–Crippen MR) is 323 cm³/mol. The molecular weight excluding hydrogens is 1190 g/mol. The number of aliphatic hydroxyl groups is 3. The Morgan fingerprint density at radius 3 is 1.48 bits per heavy atom. The topological polar surface area (TPSA) is 284 Å². The summed E-state index contributed by atoms with van der Waals surface area (Å²) in [6.07, 6.45) is 7.51. The molecule has 2 atom stereocenters. The molecule has 4 aromatic carbocycles. The summed E-state index contributed by atoms with van der Waals surface area (Å²) in [5.41, 5.74) is 9.87. The van der Waals surface area contributed by atoms with Crippen LogP contribution >= 0.6 is 21.6 Å². The largest absolute Gasteiger partial charge is 2.00 e. The van der Waals surface area contributed by atoms with Gasteiger partial charge in [-0.2, -0.15) is 0 Å². The third kappa shape index (κ3) is 15.9. The van der Waals surface area contributed by atoms with Crippen LogP contribution in [0.25, 0.3) is 101 Å². The minimum atomic E-state index is -1.70. The summed E-state index contributed by atoms with van der Waals surface area (Å²) in [7, 11) is 4.14. The van der Waals surface area contributed by atoms with Crippen molar-refractivity contribution in [2.75, 3.05) is 37.0 Å². The molecular formula is C60H57F4N11O7S2Zn. The Morgan fingerprint density at radius 1 is 0.671 bits per heavy atom. The summed E-state index contributed by atoms with van der Waals surface area (Å²) in [5.74, 6) is -6.23. The van der Waals surface area contributed by atoms with E-state index < -0.39 is 46.7 Å². The Morgan fingerprint density at radius 2 is 1.08 bits per heavy atom. The Bertz CT molecular complexity index is 3910. The number of carbonyl (C=O) groups is 1. The van der Waals surface area contributed by atoms with E-state index in [2.05, 4.69) is 25.7 Å². The van der Waals surface area contributed by atoms with Gasteiger partial charge >= 0.3 is 19.5 Å². The molecule has 6 heterocycles. The third-order valence-corrected chi connectivity index (χ3v) is 14.9. The fourth-order valence-electron chi connectivity index (χ4n) is 8.76. The van der Waals surface area contributed by atoms with E-state index in [0.717, 1.165) is 0 Å². The summed E-state index contributed by atoms with van der Waals surface area (Å²) < 4.78 is 67.9. The molecule has 0 amide bonds. The van der Waals surface area contributed by atoms with Gasteiger partial charge in [-0.15, -0.1) is 27.2 Å². The van der Waals surface area contributed by atoms with Crippen molar-refractivity contribution in [1.82, 2.24) is 34.9 Å². The minimum absolute atomic E-state index is 0. The summed E-state index contributed by atoms with van der Waals surface area (Å²) in [6, 6.07) is 25.9. The van der Waals surface area contributed by atoms with E-state index in [1.54, 1.807) is 85.8 Å². The van der Waals surface area contributed by atoms with E-state index in [-0.39, 0.29) is 115 Å². The number of phenolic OH excluding ortho intramolecular Hbond substituents is 3. The van der Waals surface area contributed by atoms with Crippen molar-refractivity contribution in [3.63, 3.8) is 0 Å². The molecule has 2 aliphatic heterocycles. The Hall–Kier alpha value is -8.28. The Balaban J connectivity index is 0.000000981. The number of benzene rings is 4. The van der Waals surface area contributed by atoms with Gasteiger partial charge in [0.05, 0.1) is 59.9 Å². The maximum atomic E-state index is 16.9. The first-order valence-electron chi connectivity index (χ1n) is 25.6. The number of halogens is 4. The van der Waals surface area contributed by atoms with Crippen LogP contribution in [0.5, 0.6) is 17.2 Å². The normalized spacial score (nSPS) is 11.9. The van der Waals surface area contributed by atoms with E-state index in [9.17, 15) is 25.2 Å². The van der Waals surface area contributed by atoms with Crippen LogP contribution in [0.4, 0.5) is 23.2 Å². The predicted octanol–water partition coefficient (Wildman–Crippen LogP) is 12.6. The smallest absolute Gasteiger partial charge is 0.657 e. The molecule has 2 aliphatic rings. The second-order valence-electron chi connectivity index (χ2n) is 18.6. The van der Waals surface area contributed by atoms with E-state index >= 15 is 17.6 Å². The van der Waals surface area contributed by atoms with Gasteiger partial charge in [0.2, 0.25) is 0 Å². The summed E-state index contributed by atoms with van der Waals surface area (Å²) in [6.45, 7) is 3.12. The van der Waals surface area contributed by atoms with Gasteiger partial charge < -0.3 is 45.9 Å². The van der Waals surface area contributed by atoms with Gasteiger partial charge in [0, 0.05) is 36.4 Å². The number of Topliss-reactive ketones (excluding diaryl/α,β-unsaturated/α-hetero) is 1. The first-order chi connectivity index (χ1) is 40.0. The Labute approximate surface area is 506 Å². The van der Waals surface area contributed by atoms with Crippen molar-refractivity contribution in [3.05, 3.63) is 165 Å². The summed E-state index contributed by atoms with van der Waals surface area (Å²) in [4.78, 5) is 34.8. The zero-order chi connectivity index (χ0) is 59.3. The number of azide groups is 1. The molecule has 0 saturated heterocycles. The molecule has 8 aromatic rings. The SMILES string of the molecule is C.CC(O)CO.CC(O)Cn1cc(C(=O)CCCSSCCNc2c(F)c(F)c(-c3c4nc(c(-c5cccc(O)c5)c5ccc([n-]5)c(-c5cccc(O)c5)c5nc(c(-c6cccc(O)c6)c6ccc3[n-]6)C=C5)C=C4)c(F)c2F)nn1.CN=[N+]=[N-].[Zn+2]. The molecule has 18 nitrogen and oxygen atoms in total. The number of nitrogens with one attached hydrogen (secondary N) is 1. The second-order valence-corrected chi connectivity index (χ2v) is 21.3. The molecule has 10 rings (SSSR count). The number of aromatic nitrogens is 7.